The second kappa shape index (κ2) is 2.65. The van der Waals surface area contributed by atoms with E-state index in [0.29, 0.717) is 0 Å². The van der Waals surface area contributed by atoms with Gasteiger partial charge in [-0.25, -0.2) is 0 Å². The van der Waals surface area contributed by atoms with Gasteiger partial charge < -0.3 is 5.11 Å². The van der Waals surface area contributed by atoms with E-state index in [1.165, 1.54) is 0 Å². The van der Waals surface area contributed by atoms with Crippen molar-refractivity contribution in [1.29, 1.82) is 0 Å². The Morgan fingerprint density at radius 1 is 1.33 bits per heavy atom. The quantitative estimate of drug-likeness (QED) is 0.594. The summed E-state index contributed by atoms with van der Waals surface area (Å²) in [4.78, 5) is 0. The first kappa shape index (κ1) is 6.30. The monoisotopic (exact) mass is 121 g/mol. The highest BCUT2D eigenvalue weighted by molar-refractivity contribution is 5.28. The van der Waals surface area contributed by atoms with E-state index in [1.54, 1.807) is 0 Å². The van der Waals surface area contributed by atoms with E-state index in [0.717, 1.165) is 11.1 Å². The van der Waals surface area contributed by atoms with E-state index in [9.17, 15) is 0 Å². The van der Waals surface area contributed by atoms with Gasteiger partial charge in [0.2, 0.25) is 0 Å². The minimum absolute atomic E-state index is 0.0830. The van der Waals surface area contributed by atoms with Crippen LogP contribution in [-0.4, -0.2) is 5.11 Å². The molecule has 0 bridgehead atoms. The Balaban J connectivity index is 3.01. The molecule has 0 unspecified atom stereocenters. The molecule has 0 saturated carbocycles. The largest absolute Gasteiger partial charge is 0.392 e. The van der Waals surface area contributed by atoms with Crippen molar-refractivity contribution in [1.82, 2.24) is 0 Å². The van der Waals surface area contributed by atoms with Crippen molar-refractivity contribution in [3.8, 4) is 0 Å². The molecule has 1 aromatic carbocycles. The Bertz CT molecular complexity index is 194. The topological polar surface area (TPSA) is 20.2 Å². The third kappa shape index (κ3) is 1.30. The average Bonchev–Trinajstić information content (AvgIpc) is 1.89. The average molecular weight is 121 g/mol. The highest BCUT2D eigenvalue weighted by atomic mass is 16.3. The van der Waals surface area contributed by atoms with Gasteiger partial charge in [0, 0.05) is 0 Å². The molecule has 1 aromatic rings. The first-order chi connectivity index (χ1) is 4.34. The number of aliphatic hydroxyl groups is 1. The lowest BCUT2D eigenvalue weighted by molar-refractivity contribution is 0.281. The highest BCUT2D eigenvalue weighted by Gasteiger charge is 1.90. The van der Waals surface area contributed by atoms with Crippen LogP contribution in [0.4, 0.5) is 0 Å². The molecule has 47 valence electrons. The zero-order valence-corrected chi connectivity index (χ0v) is 5.17. The molecule has 1 N–H and O–H groups in total. The Morgan fingerprint density at radius 3 is 2.44 bits per heavy atom. The van der Waals surface area contributed by atoms with Crippen molar-refractivity contribution >= 4 is 0 Å². The molecule has 0 aliphatic heterocycles. The van der Waals surface area contributed by atoms with E-state index < -0.39 is 0 Å². The lowest BCUT2D eigenvalue weighted by Gasteiger charge is -1.97. The number of benzene rings is 1. The zero-order chi connectivity index (χ0) is 6.69. The SMILES string of the molecule is [CH2]c1ccccc1CO. The summed E-state index contributed by atoms with van der Waals surface area (Å²) in [6.45, 7) is 3.81. The van der Waals surface area contributed by atoms with Crippen molar-refractivity contribution in [2.75, 3.05) is 0 Å². The summed E-state index contributed by atoms with van der Waals surface area (Å²) >= 11 is 0. The maximum absolute atomic E-state index is 8.68. The minimum Gasteiger partial charge on any atom is -0.392 e. The minimum atomic E-state index is 0.0830. The van der Waals surface area contributed by atoms with Gasteiger partial charge in [0.15, 0.2) is 0 Å². The van der Waals surface area contributed by atoms with Crippen molar-refractivity contribution in [2.45, 2.75) is 6.61 Å². The molecule has 0 fully saturated rings. The van der Waals surface area contributed by atoms with Gasteiger partial charge in [0.1, 0.15) is 0 Å². The van der Waals surface area contributed by atoms with E-state index in [1.807, 2.05) is 24.3 Å². The van der Waals surface area contributed by atoms with Crippen LogP contribution >= 0.6 is 0 Å². The molecule has 9 heavy (non-hydrogen) atoms. The van der Waals surface area contributed by atoms with Gasteiger partial charge in [-0.2, -0.15) is 0 Å². The van der Waals surface area contributed by atoms with Crippen LogP contribution in [0.15, 0.2) is 24.3 Å². The maximum Gasteiger partial charge on any atom is 0.0684 e. The van der Waals surface area contributed by atoms with Gasteiger partial charge in [0.05, 0.1) is 6.61 Å². The molecular formula is C8H9O. The van der Waals surface area contributed by atoms with Crippen molar-refractivity contribution in [3.05, 3.63) is 42.3 Å². The summed E-state index contributed by atoms with van der Waals surface area (Å²) in [6.07, 6.45) is 0. The third-order valence-electron chi connectivity index (χ3n) is 1.29. The molecule has 0 amide bonds. The van der Waals surface area contributed by atoms with E-state index >= 15 is 0 Å². The Hall–Kier alpha value is -0.820. The molecule has 0 saturated heterocycles. The zero-order valence-electron chi connectivity index (χ0n) is 5.17. The lowest BCUT2D eigenvalue weighted by Crippen LogP contribution is -1.85. The van der Waals surface area contributed by atoms with Crippen LogP contribution in [-0.2, 0) is 6.61 Å². The van der Waals surface area contributed by atoms with Gasteiger partial charge in [-0.05, 0) is 18.1 Å². The second-order valence-corrected chi connectivity index (χ2v) is 1.93. The third-order valence-corrected chi connectivity index (χ3v) is 1.29. The summed E-state index contributed by atoms with van der Waals surface area (Å²) in [7, 11) is 0. The van der Waals surface area contributed by atoms with E-state index in [2.05, 4.69) is 6.92 Å². The molecular weight excluding hydrogens is 112 g/mol. The number of rotatable bonds is 1. The molecule has 1 rings (SSSR count). The standard InChI is InChI=1S/C8H9O/c1-7-4-2-3-5-8(7)6-9/h2-5,9H,1,6H2. The molecule has 1 radical (unpaired) electrons. The molecule has 1 nitrogen and oxygen atoms in total. The summed E-state index contributed by atoms with van der Waals surface area (Å²) in [5.41, 5.74) is 1.80. The van der Waals surface area contributed by atoms with Crippen molar-refractivity contribution < 1.29 is 5.11 Å². The van der Waals surface area contributed by atoms with Crippen LogP contribution < -0.4 is 0 Å². The number of hydrogen-bond acceptors (Lipinski definition) is 1. The Labute approximate surface area is 55.0 Å². The van der Waals surface area contributed by atoms with E-state index in [-0.39, 0.29) is 6.61 Å². The maximum atomic E-state index is 8.68. The van der Waals surface area contributed by atoms with Crippen molar-refractivity contribution in [3.63, 3.8) is 0 Å². The van der Waals surface area contributed by atoms with E-state index in [4.69, 9.17) is 5.11 Å². The predicted octanol–water partition coefficient (Wildman–Crippen LogP) is 1.36. The van der Waals surface area contributed by atoms with Crippen LogP contribution in [0.1, 0.15) is 11.1 Å². The lowest BCUT2D eigenvalue weighted by atomic mass is 10.1. The summed E-state index contributed by atoms with van der Waals surface area (Å²) in [5, 5.41) is 8.68. The fourth-order valence-electron chi connectivity index (χ4n) is 0.712. The molecule has 0 heterocycles. The van der Waals surface area contributed by atoms with Gasteiger partial charge in [-0.1, -0.05) is 24.3 Å². The summed E-state index contributed by atoms with van der Waals surface area (Å²) in [5.74, 6) is 0. The Kier molecular flexibility index (Phi) is 1.85. The molecule has 0 aliphatic rings. The van der Waals surface area contributed by atoms with Gasteiger partial charge >= 0.3 is 0 Å². The van der Waals surface area contributed by atoms with Crippen LogP contribution in [0.25, 0.3) is 0 Å². The first-order valence-corrected chi connectivity index (χ1v) is 2.85. The van der Waals surface area contributed by atoms with Crippen LogP contribution in [0.5, 0.6) is 0 Å². The highest BCUT2D eigenvalue weighted by Crippen LogP contribution is 2.04. The Morgan fingerprint density at radius 2 is 2.00 bits per heavy atom. The normalized spacial score (nSPS) is 9.56. The smallest absolute Gasteiger partial charge is 0.0684 e. The second-order valence-electron chi connectivity index (χ2n) is 1.93. The first-order valence-electron chi connectivity index (χ1n) is 2.85. The molecule has 0 aliphatic carbocycles. The van der Waals surface area contributed by atoms with Crippen LogP contribution in [0, 0.1) is 6.92 Å². The van der Waals surface area contributed by atoms with Crippen LogP contribution in [0.2, 0.25) is 0 Å². The van der Waals surface area contributed by atoms with Gasteiger partial charge in [-0.15, -0.1) is 0 Å². The van der Waals surface area contributed by atoms with Crippen molar-refractivity contribution in [2.24, 2.45) is 0 Å². The fraction of sp³-hybridized carbons (Fsp3) is 0.125. The summed E-state index contributed by atoms with van der Waals surface area (Å²) < 4.78 is 0. The molecule has 0 spiro atoms. The number of aliphatic hydroxyl groups excluding tert-OH is 1. The molecule has 0 aromatic heterocycles. The molecule has 1 heteroatoms. The fourth-order valence-corrected chi connectivity index (χ4v) is 0.712. The molecule has 0 atom stereocenters. The van der Waals surface area contributed by atoms with Gasteiger partial charge in [0.25, 0.3) is 0 Å². The predicted molar refractivity (Wildman–Crippen MR) is 36.8 cm³/mol. The van der Waals surface area contributed by atoms with Crippen LogP contribution in [0.3, 0.4) is 0 Å². The summed E-state index contributed by atoms with van der Waals surface area (Å²) in [6, 6.07) is 7.54. The van der Waals surface area contributed by atoms with Gasteiger partial charge in [-0.3, -0.25) is 0 Å². The number of hydrogen-bond donors (Lipinski definition) is 1.